The smallest absolute Gasteiger partial charge is 0.0821 e. The van der Waals surface area contributed by atoms with Gasteiger partial charge in [-0.2, -0.15) is 0 Å². The van der Waals surface area contributed by atoms with Crippen LogP contribution in [0, 0.1) is 0 Å². The van der Waals surface area contributed by atoms with Crippen LogP contribution < -0.4 is 9.80 Å². The maximum absolute atomic E-state index is 2.50. The van der Waals surface area contributed by atoms with Gasteiger partial charge >= 0.3 is 0 Å². The first-order chi connectivity index (χ1) is 28.8. The fraction of sp³-hybridized carbons (Fsp3) is 0.0182. The molecule has 0 radical (unpaired) electrons. The predicted molar refractivity (Wildman–Crippen MR) is 245 cm³/mol. The molecule has 1 atom stereocenters. The average Bonchev–Trinajstić information content (AvgIpc) is 3.92. The van der Waals surface area contributed by atoms with Crippen LogP contribution in [0.25, 0.3) is 43.1 Å². The number of thiophene rings is 1. The number of hydrogen-bond acceptors (Lipinski definition) is 3. The molecule has 0 N–H and O–H groups in total. The summed E-state index contributed by atoms with van der Waals surface area (Å²) < 4.78 is 1.32. The van der Waals surface area contributed by atoms with Crippen molar-refractivity contribution >= 4 is 66.3 Å². The summed E-state index contributed by atoms with van der Waals surface area (Å²) in [6.07, 6.45) is 0. The van der Waals surface area contributed by atoms with Crippen LogP contribution in [-0.2, 0) is 5.41 Å². The van der Waals surface area contributed by atoms with E-state index in [0.29, 0.717) is 0 Å². The molecule has 9 aromatic carbocycles. The van der Waals surface area contributed by atoms with Gasteiger partial charge in [0.05, 0.1) is 16.8 Å². The van der Waals surface area contributed by atoms with Crippen molar-refractivity contribution in [3.63, 3.8) is 0 Å². The van der Waals surface area contributed by atoms with Crippen molar-refractivity contribution in [1.29, 1.82) is 0 Å². The van der Waals surface area contributed by atoms with Gasteiger partial charge in [0.25, 0.3) is 0 Å². The quantitative estimate of drug-likeness (QED) is 0.167. The summed E-state index contributed by atoms with van der Waals surface area (Å²) in [5, 5.41) is 3.76. The molecule has 2 aliphatic carbocycles. The average molecular weight is 757 g/mol. The second-order valence-electron chi connectivity index (χ2n) is 15.2. The molecule has 3 heteroatoms. The van der Waals surface area contributed by atoms with E-state index in [0.717, 1.165) is 28.4 Å². The Kier molecular flexibility index (Phi) is 7.35. The van der Waals surface area contributed by atoms with Gasteiger partial charge in [0.2, 0.25) is 0 Å². The fourth-order valence-electron chi connectivity index (χ4n) is 9.92. The Hall–Kier alpha value is -7.20. The minimum absolute atomic E-state index is 0.535. The lowest BCUT2D eigenvalue weighted by Crippen LogP contribution is -2.25. The predicted octanol–water partition coefficient (Wildman–Crippen LogP) is 15.3. The van der Waals surface area contributed by atoms with E-state index in [-0.39, 0.29) is 0 Å². The summed E-state index contributed by atoms with van der Waals surface area (Å²) in [4.78, 5) is 6.28. The number of hydrogen-bond donors (Lipinski definition) is 0. The first-order valence-corrected chi connectivity index (χ1v) is 20.8. The zero-order valence-corrected chi connectivity index (χ0v) is 32.4. The van der Waals surface area contributed by atoms with Crippen molar-refractivity contribution in [2.45, 2.75) is 5.41 Å². The monoisotopic (exact) mass is 756 g/mol. The zero-order chi connectivity index (χ0) is 38.2. The summed E-state index contributed by atoms with van der Waals surface area (Å²) in [6, 6.07) is 80.2. The molecular weight excluding hydrogens is 721 g/mol. The van der Waals surface area contributed by atoms with Gasteiger partial charge in [-0.15, -0.1) is 11.3 Å². The molecule has 0 fully saturated rings. The van der Waals surface area contributed by atoms with Gasteiger partial charge in [-0.1, -0.05) is 152 Å². The summed E-state index contributed by atoms with van der Waals surface area (Å²) >= 11 is 1.95. The van der Waals surface area contributed by atoms with Crippen LogP contribution in [-0.4, -0.2) is 0 Å². The summed E-state index contributed by atoms with van der Waals surface area (Å²) in [6.45, 7) is 0. The maximum Gasteiger partial charge on any atom is 0.0821 e. The second-order valence-corrected chi connectivity index (χ2v) is 16.3. The largest absolute Gasteiger partial charge is 0.310 e. The highest BCUT2D eigenvalue weighted by molar-refractivity contribution is 7.20. The van der Waals surface area contributed by atoms with E-state index < -0.39 is 5.41 Å². The molecule has 1 spiro atoms. The van der Waals surface area contributed by atoms with Crippen molar-refractivity contribution in [3.05, 3.63) is 240 Å². The van der Waals surface area contributed by atoms with Gasteiger partial charge in [-0.05, 0) is 99.9 Å². The van der Waals surface area contributed by atoms with Crippen LogP contribution in [0.1, 0.15) is 21.6 Å². The molecule has 0 saturated carbocycles. The van der Waals surface area contributed by atoms with E-state index in [9.17, 15) is 0 Å². The second kappa shape index (κ2) is 12.9. The Morgan fingerprint density at radius 2 is 0.897 bits per heavy atom. The molecule has 12 rings (SSSR count). The Morgan fingerprint density at radius 3 is 1.66 bits per heavy atom. The van der Waals surface area contributed by atoms with E-state index in [1.54, 1.807) is 0 Å². The number of fused-ring (bicyclic) bond motifs is 13. The number of benzene rings is 9. The Balaban J connectivity index is 1.19. The van der Waals surface area contributed by atoms with Crippen LogP contribution in [0.2, 0.25) is 0 Å². The van der Waals surface area contributed by atoms with Crippen LogP contribution >= 0.6 is 11.3 Å². The minimum Gasteiger partial charge on any atom is -0.310 e. The highest BCUT2D eigenvalue weighted by Gasteiger charge is 2.54. The van der Waals surface area contributed by atoms with E-state index >= 15 is 0 Å². The third-order valence-corrected chi connectivity index (χ3v) is 13.5. The molecule has 2 aliphatic rings. The van der Waals surface area contributed by atoms with Crippen molar-refractivity contribution in [3.8, 4) is 22.3 Å². The highest BCUT2D eigenvalue weighted by atomic mass is 32.1. The molecule has 0 aliphatic heterocycles. The molecule has 272 valence electrons. The molecule has 0 amide bonds. The Bertz CT molecular complexity index is 3140. The van der Waals surface area contributed by atoms with Crippen LogP contribution in [0.4, 0.5) is 34.1 Å². The summed E-state index contributed by atoms with van der Waals surface area (Å²) in [5.41, 5.74) is 15.5. The van der Waals surface area contributed by atoms with Gasteiger partial charge in [-0.3, -0.25) is 0 Å². The van der Waals surface area contributed by atoms with E-state index in [4.69, 9.17) is 0 Å². The van der Waals surface area contributed by atoms with Crippen molar-refractivity contribution in [2.24, 2.45) is 0 Å². The number of para-hydroxylation sites is 3. The van der Waals surface area contributed by atoms with Gasteiger partial charge in [0.1, 0.15) is 0 Å². The van der Waals surface area contributed by atoms with Gasteiger partial charge in [0, 0.05) is 54.2 Å². The standard InChI is InChI=1S/C55H36N2S/c1-4-20-38(21-5-1)56(39-22-6-2-7-23-39)41-34-35-44-48(36-41)55(54-52(44)45-28-13-15-33-51(45)58-54)46-29-14-12-27-43(46)53-47(55)30-17-32-50(53)57(40-24-8-3-9-25-40)49-31-16-19-37-18-10-11-26-42(37)49/h1-36H. The molecule has 1 unspecified atom stereocenters. The maximum atomic E-state index is 2.50. The fourth-order valence-corrected chi connectivity index (χ4v) is 11.4. The van der Waals surface area contributed by atoms with Crippen molar-refractivity contribution in [1.82, 2.24) is 0 Å². The van der Waals surface area contributed by atoms with Gasteiger partial charge in [-0.25, -0.2) is 0 Å². The SMILES string of the molecule is c1ccc(N(c2ccccc2)c2ccc3c(c2)C2(c4ccccc4-c4c(N(c5ccccc5)c5cccc6ccccc56)cccc42)c2sc4ccccc4c2-3)cc1. The van der Waals surface area contributed by atoms with E-state index in [2.05, 4.69) is 228 Å². The van der Waals surface area contributed by atoms with Gasteiger partial charge in [0.15, 0.2) is 0 Å². The van der Waals surface area contributed by atoms with E-state index in [1.165, 1.54) is 70.4 Å². The lowest BCUT2D eigenvalue weighted by molar-refractivity contribution is 0.811. The molecule has 1 aromatic heterocycles. The molecule has 0 bridgehead atoms. The van der Waals surface area contributed by atoms with Crippen LogP contribution in [0.3, 0.4) is 0 Å². The molecule has 10 aromatic rings. The topological polar surface area (TPSA) is 6.48 Å². The lowest BCUT2D eigenvalue weighted by atomic mass is 9.73. The normalized spacial score (nSPS) is 14.6. The molecule has 1 heterocycles. The third-order valence-electron chi connectivity index (χ3n) is 12.2. The lowest BCUT2D eigenvalue weighted by Gasteiger charge is -2.32. The molecular formula is C55H36N2S. The third kappa shape index (κ3) is 4.65. The molecule has 2 nitrogen and oxygen atoms in total. The van der Waals surface area contributed by atoms with Crippen molar-refractivity contribution in [2.75, 3.05) is 9.80 Å². The molecule has 58 heavy (non-hydrogen) atoms. The summed E-state index contributed by atoms with van der Waals surface area (Å²) in [7, 11) is 0. The Morgan fingerprint density at radius 1 is 0.345 bits per heavy atom. The van der Waals surface area contributed by atoms with E-state index in [1.807, 2.05) is 11.3 Å². The number of rotatable bonds is 6. The van der Waals surface area contributed by atoms with Gasteiger partial charge < -0.3 is 9.80 Å². The number of nitrogens with zero attached hydrogens (tertiary/aromatic N) is 2. The molecule has 0 saturated heterocycles. The zero-order valence-electron chi connectivity index (χ0n) is 31.6. The minimum atomic E-state index is -0.535. The van der Waals surface area contributed by atoms with Crippen molar-refractivity contribution < 1.29 is 0 Å². The highest BCUT2D eigenvalue weighted by Crippen LogP contribution is 2.68. The number of anilines is 6. The first-order valence-electron chi connectivity index (χ1n) is 19.9. The summed E-state index contributed by atoms with van der Waals surface area (Å²) in [5.74, 6) is 0. The first kappa shape index (κ1) is 33.0. The van der Waals surface area contributed by atoms with Crippen LogP contribution in [0.15, 0.2) is 218 Å². The Labute approximate surface area is 342 Å². The van der Waals surface area contributed by atoms with Crippen LogP contribution in [0.5, 0.6) is 0 Å².